The van der Waals surface area contributed by atoms with Gasteiger partial charge in [-0.2, -0.15) is 0 Å². The third-order valence-corrected chi connectivity index (χ3v) is 10.1. The number of aromatic nitrogens is 3. The molecular formula is C46H33N3S. The summed E-state index contributed by atoms with van der Waals surface area (Å²) in [6, 6.07) is 50.7. The summed E-state index contributed by atoms with van der Waals surface area (Å²) in [6.07, 6.45) is 8.10. The number of nitrogens with zero attached hydrogens (tertiary/aromatic N) is 3. The minimum absolute atomic E-state index is 0.647. The Morgan fingerprint density at radius 2 is 1.00 bits per heavy atom. The highest BCUT2D eigenvalue weighted by atomic mass is 32.1. The molecule has 0 spiro atoms. The van der Waals surface area contributed by atoms with Gasteiger partial charge in [0.05, 0.1) is 0 Å². The molecule has 0 unspecified atom stereocenters. The van der Waals surface area contributed by atoms with Gasteiger partial charge in [0.2, 0.25) is 0 Å². The van der Waals surface area contributed by atoms with Gasteiger partial charge in [0.1, 0.15) is 0 Å². The van der Waals surface area contributed by atoms with Crippen molar-refractivity contribution in [2.75, 3.05) is 0 Å². The molecule has 0 aliphatic rings. The molecule has 0 aliphatic carbocycles. The number of benzene rings is 6. The van der Waals surface area contributed by atoms with Crippen molar-refractivity contribution >= 4 is 37.1 Å². The Hall–Kier alpha value is -6.23. The third kappa shape index (κ3) is 6.09. The van der Waals surface area contributed by atoms with E-state index < -0.39 is 0 Å². The summed E-state index contributed by atoms with van der Waals surface area (Å²) in [5.74, 6) is 1.96. The van der Waals surface area contributed by atoms with Crippen LogP contribution in [0.1, 0.15) is 12.5 Å². The van der Waals surface area contributed by atoms with Gasteiger partial charge in [-0.25, -0.2) is 15.0 Å². The fraction of sp³-hybridized carbons (Fsp3) is 0.0217. The van der Waals surface area contributed by atoms with Crippen LogP contribution in [-0.2, 0) is 0 Å². The van der Waals surface area contributed by atoms with Crippen LogP contribution in [-0.4, -0.2) is 15.0 Å². The SMILES string of the molecule is C=C(/C=C\C=C/C)c1ccc(-c2cccc3c2sc2c(-c4cccc(-c5nc(-c6ccccc6)nc(-c6ccccc6)n5)c4)cccc23)cc1. The molecule has 238 valence electrons. The maximum atomic E-state index is 4.98. The van der Waals surface area contributed by atoms with Crippen molar-refractivity contribution in [3.63, 3.8) is 0 Å². The van der Waals surface area contributed by atoms with Crippen molar-refractivity contribution in [1.82, 2.24) is 15.0 Å². The van der Waals surface area contributed by atoms with Crippen LogP contribution in [0.4, 0.5) is 0 Å². The smallest absolute Gasteiger partial charge is 0.164 e. The van der Waals surface area contributed by atoms with Crippen LogP contribution in [0.2, 0.25) is 0 Å². The molecule has 50 heavy (non-hydrogen) atoms. The molecule has 2 aromatic heterocycles. The first-order chi connectivity index (χ1) is 24.7. The second kappa shape index (κ2) is 13.7. The molecule has 8 rings (SSSR count). The topological polar surface area (TPSA) is 38.7 Å². The van der Waals surface area contributed by atoms with Crippen LogP contribution < -0.4 is 0 Å². The molecule has 4 heteroatoms. The normalized spacial score (nSPS) is 11.6. The van der Waals surface area contributed by atoms with E-state index >= 15 is 0 Å². The Morgan fingerprint density at radius 3 is 1.58 bits per heavy atom. The average Bonchev–Trinajstić information content (AvgIpc) is 3.58. The lowest BCUT2D eigenvalue weighted by atomic mass is 9.98. The Kier molecular flexibility index (Phi) is 8.52. The monoisotopic (exact) mass is 659 g/mol. The summed E-state index contributed by atoms with van der Waals surface area (Å²) < 4.78 is 2.54. The van der Waals surface area contributed by atoms with E-state index in [1.807, 2.05) is 103 Å². The Labute approximate surface area is 296 Å². The standard InChI is InChI=1S/C46H33N3S/c1-3-4-7-15-31(2)32-26-28-33(29-27-32)38-22-13-24-40-41-25-14-23-39(43(41)50-42(38)40)36-20-12-21-37(30-36)46-48-44(34-16-8-5-9-17-34)47-45(49-46)35-18-10-6-11-19-35/h3-30H,2H2,1H3/b4-3-,15-7-. The van der Waals surface area contributed by atoms with E-state index in [4.69, 9.17) is 15.0 Å². The van der Waals surface area contributed by atoms with E-state index in [9.17, 15) is 0 Å². The van der Waals surface area contributed by atoms with E-state index in [-0.39, 0.29) is 0 Å². The van der Waals surface area contributed by atoms with Crippen LogP contribution in [0.25, 0.3) is 82.2 Å². The van der Waals surface area contributed by atoms with Gasteiger partial charge in [-0.1, -0.05) is 170 Å². The fourth-order valence-electron chi connectivity index (χ4n) is 6.28. The van der Waals surface area contributed by atoms with Gasteiger partial charge in [-0.15, -0.1) is 11.3 Å². The van der Waals surface area contributed by atoms with E-state index in [1.54, 1.807) is 0 Å². The molecule has 0 atom stereocenters. The quantitative estimate of drug-likeness (QED) is 0.152. The van der Waals surface area contributed by atoms with Gasteiger partial charge in [-0.05, 0) is 46.4 Å². The lowest BCUT2D eigenvalue weighted by molar-refractivity contribution is 1.07. The highest BCUT2D eigenvalue weighted by molar-refractivity contribution is 7.26. The van der Waals surface area contributed by atoms with Crippen LogP contribution in [0.3, 0.4) is 0 Å². The molecule has 6 aromatic carbocycles. The molecule has 0 aliphatic heterocycles. The van der Waals surface area contributed by atoms with Gasteiger partial charge in [0.15, 0.2) is 17.5 Å². The third-order valence-electron chi connectivity index (χ3n) is 8.82. The maximum absolute atomic E-state index is 4.98. The second-order valence-electron chi connectivity index (χ2n) is 12.1. The number of rotatable bonds is 8. The molecule has 2 heterocycles. The fourth-order valence-corrected chi connectivity index (χ4v) is 7.65. The summed E-state index contributed by atoms with van der Waals surface area (Å²) in [5.41, 5.74) is 9.70. The molecule has 0 fully saturated rings. The molecule has 0 bridgehead atoms. The second-order valence-corrected chi connectivity index (χ2v) is 13.1. The van der Waals surface area contributed by atoms with Crippen molar-refractivity contribution in [3.8, 4) is 56.4 Å². The minimum atomic E-state index is 0.647. The Bertz CT molecular complexity index is 2490. The van der Waals surface area contributed by atoms with Crippen molar-refractivity contribution in [2.24, 2.45) is 0 Å². The summed E-state index contributed by atoms with van der Waals surface area (Å²) >= 11 is 1.85. The predicted molar refractivity (Wildman–Crippen MR) is 213 cm³/mol. The lowest BCUT2D eigenvalue weighted by Gasteiger charge is -2.10. The molecule has 0 saturated heterocycles. The van der Waals surface area contributed by atoms with Gasteiger partial charge >= 0.3 is 0 Å². The van der Waals surface area contributed by atoms with Crippen LogP contribution in [0, 0.1) is 0 Å². The van der Waals surface area contributed by atoms with E-state index in [0.717, 1.165) is 33.4 Å². The zero-order valence-corrected chi connectivity index (χ0v) is 28.4. The van der Waals surface area contributed by atoms with Crippen molar-refractivity contribution in [2.45, 2.75) is 6.92 Å². The number of hydrogen-bond donors (Lipinski definition) is 0. The van der Waals surface area contributed by atoms with Gasteiger partial charge in [0.25, 0.3) is 0 Å². The highest BCUT2D eigenvalue weighted by Gasteiger charge is 2.16. The number of allylic oxidation sites excluding steroid dienone is 5. The molecule has 0 radical (unpaired) electrons. The molecular weight excluding hydrogens is 627 g/mol. The molecule has 0 amide bonds. The minimum Gasteiger partial charge on any atom is -0.208 e. The van der Waals surface area contributed by atoms with E-state index in [2.05, 4.69) is 91.5 Å². The van der Waals surface area contributed by atoms with Gasteiger partial charge < -0.3 is 0 Å². The van der Waals surface area contributed by atoms with Gasteiger partial charge in [-0.3, -0.25) is 0 Å². The average molecular weight is 660 g/mol. The maximum Gasteiger partial charge on any atom is 0.164 e. The van der Waals surface area contributed by atoms with Crippen LogP contribution in [0.5, 0.6) is 0 Å². The number of thiophene rings is 1. The predicted octanol–water partition coefficient (Wildman–Crippen LogP) is 12.7. The summed E-state index contributed by atoms with van der Waals surface area (Å²) in [6.45, 7) is 6.26. The number of fused-ring (bicyclic) bond motifs is 3. The zero-order valence-electron chi connectivity index (χ0n) is 27.6. The molecule has 3 nitrogen and oxygen atoms in total. The lowest BCUT2D eigenvalue weighted by Crippen LogP contribution is -2.00. The molecule has 0 saturated carbocycles. The van der Waals surface area contributed by atoms with Crippen LogP contribution in [0.15, 0.2) is 176 Å². The summed E-state index contributed by atoms with van der Waals surface area (Å²) in [7, 11) is 0. The van der Waals surface area contributed by atoms with Crippen molar-refractivity contribution < 1.29 is 0 Å². The first-order valence-corrected chi connectivity index (χ1v) is 17.5. The van der Waals surface area contributed by atoms with Crippen molar-refractivity contribution in [1.29, 1.82) is 0 Å². The van der Waals surface area contributed by atoms with Crippen LogP contribution >= 0.6 is 11.3 Å². The molecule has 0 N–H and O–H groups in total. The largest absolute Gasteiger partial charge is 0.208 e. The Balaban J connectivity index is 1.21. The Morgan fingerprint density at radius 1 is 0.500 bits per heavy atom. The van der Waals surface area contributed by atoms with Gasteiger partial charge in [0, 0.05) is 36.9 Å². The first kappa shape index (κ1) is 31.1. The summed E-state index contributed by atoms with van der Waals surface area (Å²) in [5, 5.41) is 2.52. The molecule has 8 aromatic rings. The summed E-state index contributed by atoms with van der Waals surface area (Å²) in [4.78, 5) is 14.8. The van der Waals surface area contributed by atoms with E-state index in [0.29, 0.717) is 17.5 Å². The van der Waals surface area contributed by atoms with Crippen molar-refractivity contribution in [3.05, 3.63) is 182 Å². The zero-order chi connectivity index (χ0) is 33.9. The number of hydrogen-bond acceptors (Lipinski definition) is 4. The van der Waals surface area contributed by atoms with E-state index in [1.165, 1.54) is 36.9 Å². The highest BCUT2D eigenvalue weighted by Crippen LogP contribution is 2.44. The first-order valence-electron chi connectivity index (χ1n) is 16.7.